The molecule has 0 aliphatic carbocycles. The minimum atomic E-state index is -0.314. The Balaban J connectivity index is 1.71. The molecule has 0 radical (unpaired) electrons. The van der Waals surface area contributed by atoms with E-state index in [-0.39, 0.29) is 11.7 Å². The van der Waals surface area contributed by atoms with Crippen LogP contribution in [0.25, 0.3) is 0 Å². The molecule has 2 aromatic carbocycles. The van der Waals surface area contributed by atoms with Crippen LogP contribution in [0.1, 0.15) is 65.0 Å². The normalized spacial score (nSPS) is 13.9. The molecule has 0 bridgehead atoms. The van der Waals surface area contributed by atoms with Gasteiger partial charge in [0, 0.05) is 0 Å². The molecule has 0 aromatic heterocycles. The second-order valence-electron chi connectivity index (χ2n) is 8.06. The largest absolute Gasteiger partial charge is 0.491 e. The summed E-state index contributed by atoms with van der Waals surface area (Å²) in [5.41, 5.74) is 2.79. The smallest absolute Gasteiger partial charge is 0.197 e. The van der Waals surface area contributed by atoms with Gasteiger partial charge in [0.25, 0.3) is 0 Å². The van der Waals surface area contributed by atoms with Gasteiger partial charge in [-0.2, -0.15) is 0 Å². The maximum absolute atomic E-state index is 5.81. The third-order valence-electron chi connectivity index (χ3n) is 4.79. The summed E-state index contributed by atoms with van der Waals surface area (Å²) in [7, 11) is 0. The van der Waals surface area contributed by atoms with Crippen molar-refractivity contribution >= 4 is 0 Å². The van der Waals surface area contributed by atoms with Crippen LogP contribution in [-0.4, -0.2) is 19.5 Å². The number of hydrogen-bond donors (Lipinski definition) is 0. The third-order valence-corrected chi connectivity index (χ3v) is 4.79. The van der Waals surface area contributed by atoms with Gasteiger partial charge in [0.2, 0.25) is 0 Å². The van der Waals surface area contributed by atoms with Gasteiger partial charge in [-0.05, 0) is 60.1 Å². The zero-order chi connectivity index (χ0) is 19.9. The van der Waals surface area contributed by atoms with Gasteiger partial charge in [-0.1, -0.05) is 58.9 Å². The summed E-state index contributed by atoms with van der Waals surface area (Å²) < 4.78 is 17.3. The molecule has 2 aromatic rings. The zero-order valence-electron chi connectivity index (χ0n) is 17.6. The molecule has 0 aliphatic rings. The highest BCUT2D eigenvalue weighted by molar-refractivity contribution is 5.31. The first-order chi connectivity index (χ1) is 12.8. The van der Waals surface area contributed by atoms with Crippen LogP contribution in [0.15, 0.2) is 48.5 Å². The lowest BCUT2D eigenvalue weighted by Crippen LogP contribution is -2.20. The van der Waals surface area contributed by atoms with Crippen molar-refractivity contribution in [1.29, 1.82) is 0 Å². The molecule has 148 valence electrons. The van der Waals surface area contributed by atoms with Gasteiger partial charge in [-0.15, -0.1) is 0 Å². The summed E-state index contributed by atoms with van der Waals surface area (Å²) >= 11 is 0. The maximum atomic E-state index is 5.81. The molecule has 0 saturated heterocycles. The van der Waals surface area contributed by atoms with Crippen molar-refractivity contribution < 1.29 is 14.2 Å². The molecule has 0 N–H and O–H groups in total. The molecule has 3 heteroatoms. The number of rotatable bonds is 9. The molecule has 0 amide bonds. The van der Waals surface area contributed by atoms with Crippen molar-refractivity contribution in [3.63, 3.8) is 0 Å². The van der Waals surface area contributed by atoms with E-state index in [2.05, 4.69) is 58.9 Å². The second kappa shape index (κ2) is 9.80. The Morgan fingerprint density at radius 2 is 1.41 bits per heavy atom. The zero-order valence-corrected chi connectivity index (χ0v) is 17.6. The van der Waals surface area contributed by atoms with Crippen molar-refractivity contribution in [3.8, 4) is 11.5 Å². The van der Waals surface area contributed by atoms with Gasteiger partial charge in [-0.25, -0.2) is 0 Å². The number of benzene rings is 2. The molecular formula is C24H34O3. The van der Waals surface area contributed by atoms with Crippen molar-refractivity contribution in [3.05, 3.63) is 59.7 Å². The van der Waals surface area contributed by atoms with Crippen LogP contribution in [0.5, 0.6) is 11.5 Å². The summed E-state index contributed by atoms with van der Waals surface area (Å²) in [6.45, 7) is 13.9. The SMILES string of the molecule is CCC(C)c1ccc(OC(C)OCCOc2ccc(C(C)(C)C)cc2)cc1. The van der Waals surface area contributed by atoms with E-state index in [0.717, 1.165) is 17.9 Å². The van der Waals surface area contributed by atoms with Crippen LogP contribution in [0.2, 0.25) is 0 Å². The molecule has 2 atom stereocenters. The van der Waals surface area contributed by atoms with E-state index in [4.69, 9.17) is 14.2 Å². The lowest BCUT2D eigenvalue weighted by Gasteiger charge is -2.19. The van der Waals surface area contributed by atoms with Crippen LogP contribution < -0.4 is 9.47 Å². The summed E-state index contributed by atoms with van der Waals surface area (Å²) in [5, 5.41) is 0. The van der Waals surface area contributed by atoms with Gasteiger partial charge in [0.15, 0.2) is 6.29 Å². The first-order valence-corrected chi connectivity index (χ1v) is 9.91. The summed E-state index contributed by atoms with van der Waals surface area (Å²) in [6.07, 6.45) is 0.824. The van der Waals surface area contributed by atoms with Gasteiger partial charge >= 0.3 is 0 Å². The van der Waals surface area contributed by atoms with Crippen LogP contribution in [0.3, 0.4) is 0 Å². The molecule has 0 spiro atoms. The van der Waals surface area contributed by atoms with Gasteiger partial charge < -0.3 is 14.2 Å². The van der Waals surface area contributed by atoms with E-state index >= 15 is 0 Å². The van der Waals surface area contributed by atoms with E-state index in [1.54, 1.807) is 0 Å². The monoisotopic (exact) mass is 370 g/mol. The highest BCUT2D eigenvalue weighted by atomic mass is 16.7. The molecule has 3 nitrogen and oxygen atoms in total. The molecule has 0 heterocycles. The first kappa shape index (κ1) is 21.3. The summed E-state index contributed by atoms with van der Waals surface area (Å²) in [6, 6.07) is 16.5. The van der Waals surface area contributed by atoms with Crippen LogP contribution in [-0.2, 0) is 10.2 Å². The molecule has 0 saturated carbocycles. The van der Waals surface area contributed by atoms with Crippen LogP contribution in [0.4, 0.5) is 0 Å². The molecule has 0 fully saturated rings. The van der Waals surface area contributed by atoms with Gasteiger partial charge in [-0.3, -0.25) is 0 Å². The molecule has 0 aliphatic heterocycles. The summed E-state index contributed by atoms with van der Waals surface area (Å²) in [4.78, 5) is 0. The fourth-order valence-electron chi connectivity index (χ4n) is 2.76. The minimum Gasteiger partial charge on any atom is -0.491 e. The van der Waals surface area contributed by atoms with Gasteiger partial charge in [0.05, 0.1) is 6.61 Å². The molecule has 2 unspecified atom stereocenters. The van der Waals surface area contributed by atoms with E-state index < -0.39 is 0 Å². The Morgan fingerprint density at radius 3 is 1.96 bits per heavy atom. The third kappa shape index (κ3) is 6.91. The Labute approximate surface area is 164 Å². The molecule has 27 heavy (non-hydrogen) atoms. The lowest BCUT2D eigenvalue weighted by molar-refractivity contribution is -0.0739. The van der Waals surface area contributed by atoms with E-state index in [9.17, 15) is 0 Å². The van der Waals surface area contributed by atoms with E-state index in [1.807, 2.05) is 31.2 Å². The van der Waals surface area contributed by atoms with Crippen LogP contribution in [0, 0.1) is 0 Å². The van der Waals surface area contributed by atoms with Crippen LogP contribution >= 0.6 is 0 Å². The van der Waals surface area contributed by atoms with Gasteiger partial charge in [0.1, 0.15) is 18.1 Å². The van der Waals surface area contributed by atoms with E-state index in [1.165, 1.54) is 11.1 Å². The predicted molar refractivity (Wildman–Crippen MR) is 112 cm³/mol. The standard InChI is InChI=1S/C24H34O3/c1-7-18(2)20-8-12-23(13-9-20)27-19(3)25-16-17-26-22-14-10-21(11-15-22)24(4,5)6/h8-15,18-19H,7,16-17H2,1-6H3. The van der Waals surface area contributed by atoms with Crippen molar-refractivity contribution in [2.45, 2.75) is 65.6 Å². The predicted octanol–water partition coefficient (Wildman–Crippen LogP) is 6.32. The quantitative estimate of drug-likeness (QED) is 0.382. The van der Waals surface area contributed by atoms with Crippen molar-refractivity contribution in [2.24, 2.45) is 0 Å². The number of hydrogen-bond acceptors (Lipinski definition) is 3. The average molecular weight is 371 g/mol. The van der Waals surface area contributed by atoms with Crippen molar-refractivity contribution in [2.75, 3.05) is 13.2 Å². The molecular weight excluding hydrogens is 336 g/mol. The Hall–Kier alpha value is -2.00. The fraction of sp³-hybridized carbons (Fsp3) is 0.500. The summed E-state index contributed by atoms with van der Waals surface area (Å²) in [5.74, 6) is 2.26. The Morgan fingerprint density at radius 1 is 0.815 bits per heavy atom. The molecule has 2 rings (SSSR count). The Bertz CT molecular complexity index is 668. The second-order valence-corrected chi connectivity index (χ2v) is 8.06. The first-order valence-electron chi connectivity index (χ1n) is 9.91. The topological polar surface area (TPSA) is 27.7 Å². The number of ether oxygens (including phenoxy) is 3. The Kier molecular flexibility index (Phi) is 7.73. The average Bonchev–Trinajstić information content (AvgIpc) is 2.65. The lowest BCUT2D eigenvalue weighted by atomic mass is 9.87. The highest BCUT2D eigenvalue weighted by Gasteiger charge is 2.13. The maximum Gasteiger partial charge on any atom is 0.197 e. The van der Waals surface area contributed by atoms with E-state index in [0.29, 0.717) is 19.1 Å². The minimum absolute atomic E-state index is 0.154. The fourth-order valence-corrected chi connectivity index (χ4v) is 2.76. The van der Waals surface area contributed by atoms with Crippen molar-refractivity contribution in [1.82, 2.24) is 0 Å². The highest BCUT2D eigenvalue weighted by Crippen LogP contribution is 2.24.